The second kappa shape index (κ2) is 4.71. The molecule has 0 radical (unpaired) electrons. The third kappa shape index (κ3) is 2.39. The molecule has 1 N–H and O–H groups in total. The van der Waals surface area contributed by atoms with Gasteiger partial charge in [0.15, 0.2) is 4.67 Å². The topological polar surface area (TPSA) is 33.4 Å². The summed E-state index contributed by atoms with van der Waals surface area (Å²) in [7, 11) is 0. The Morgan fingerprint density at radius 2 is 2.00 bits per heavy atom. The van der Waals surface area contributed by atoms with Crippen LogP contribution in [0.4, 0.5) is 0 Å². The van der Waals surface area contributed by atoms with Gasteiger partial charge in [-0.1, -0.05) is 0 Å². The van der Waals surface area contributed by atoms with Crippen LogP contribution in [0.3, 0.4) is 0 Å². The Morgan fingerprint density at radius 3 is 2.47 bits per heavy atom. The number of aliphatic hydroxyl groups excluding tert-OH is 1. The second-order valence-corrected chi connectivity index (χ2v) is 6.18. The zero-order valence-electron chi connectivity index (χ0n) is 7.21. The zero-order chi connectivity index (χ0) is 11.0. The largest absolute Gasteiger partial charge is 0.450 e. The molecule has 1 unspecified atom stereocenters. The van der Waals surface area contributed by atoms with Gasteiger partial charge in [0, 0.05) is 4.47 Å². The first-order valence-corrected chi connectivity index (χ1v) is 7.21. The highest BCUT2D eigenvalue weighted by Gasteiger charge is 2.20. The van der Waals surface area contributed by atoms with Gasteiger partial charge in [-0.05, 0) is 65.3 Å². The fraction of sp³-hybridized carbons (Fsp3) is 0.111. The van der Waals surface area contributed by atoms with Gasteiger partial charge in [-0.3, -0.25) is 0 Å². The minimum Gasteiger partial charge on any atom is -0.450 e. The van der Waals surface area contributed by atoms with Gasteiger partial charge in [-0.25, -0.2) is 0 Å². The molecule has 0 spiro atoms. The van der Waals surface area contributed by atoms with E-state index in [0.29, 0.717) is 10.4 Å². The molecule has 0 fully saturated rings. The first-order valence-electron chi connectivity index (χ1n) is 3.95. The molecule has 0 amide bonds. The summed E-state index contributed by atoms with van der Waals surface area (Å²) in [5, 5.41) is 12.0. The van der Waals surface area contributed by atoms with E-state index in [1.165, 1.54) is 11.3 Å². The van der Waals surface area contributed by atoms with Crippen LogP contribution in [0.2, 0.25) is 0 Å². The van der Waals surface area contributed by atoms with Crippen molar-refractivity contribution >= 4 is 59.1 Å². The number of hydrogen-bond donors (Lipinski definition) is 1. The maximum absolute atomic E-state index is 10.0. The van der Waals surface area contributed by atoms with Crippen LogP contribution in [0.25, 0.3) is 0 Å². The molecule has 0 aliphatic rings. The average Bonchev–Trinajstić information content (AvgIpc) is 2.74. The van der Waals surface area contributed by atoms with Crippen LogP contribution in [0, 0.1) is 0 Å². The number of aliphatic hydroxyl groups is 1. The van der Waals surface area contributed by atoms with Gasteiger partial charge in [0.1, 0.15) is 11.9 Å². The highest BCUT2D eigenvalue weighted by Crippen LogP contribution is 2.37. The lowest BCUT2D eigenvalue weighted by atomic mass is 10.2. The quantitative estimate of drug-likeness (QED) is 0.769. The van der Waals surface area contributed by atoms with Gasteiger partial charge in [0.05, 0.1) is 9.35 Å². The first kappa shape index (κ1) is 11.9. The molecule has 0 aromatic carbocycles. The Morgan fingerprint density at radius 1 is 1.27 bits per heavy atom. The molecule has 2 heterocycles. The molecule has 15 heavy (non-hydrogen) atoms. The fourth-order valence-corrected chi connectivity index (χ4v) is 3.32. The standard InChI is InChI=1S/C9H5Br3O2S/c10-4-1-2-15-8(4)7(13)6-3-5(11)9(12)14-6/h1-3,7,13H. The van der Waals surface area contributed by atoms with Crippen LogP contribution < -0.4 is 0 Å². The molecule has 6 heteroatoms. The maximum Gasteiger partial charge on any atom is 0.183 e. The molecular weight excluding hydrogens is 412 g/mol. The Labute approximate surface area is 116 Å². The van der Waals surface area contributed by atoms with Crippen LogP contribution in [-0.4, -0.2) is 5.11 Å². The average molecular weight is 417 g/mol. The lowest BCUT2D eigenvalue weighted by Crippen LogP contribution is -1.95. The van der Waals surface area contributed by atoms with E-state index in [1.54, 1.807) is 6.07 Å². The third-order valence-corrected chi connectivity index (χ3v) is 5.46. The zero-order valence-corrected chi connectivity index (χ0v) is 12.8. The minimum absolute atomic E-state index is 0.511. The molecule has 0 aliphatic carbocycles. The number of hydrogen-bond acceptors (Lipinski definition) is 3. The van der Waals surface area contributed by atoms with E-state index in [2.05, 4.69) is 47.8 Å². The minimum atomic E-state index is -0.734. The number of halogens is 3. The van der Waals surface area contributed by atoms with Crippen molar-refractivity contribution in [2.45, 2.75) is 6.10 Å². The molecule has 2 nitrogen and oxygen atoms in total. The highest BCUT2D eigenvalue weighted by atomic mass is 79.9. The van der Waals surface area contributed by atoms with Gasteiger partial charge in [0.2, 0.25) is 0 Å². The lowest BCUT2D eigenvalue weighted by Gasteiger charge is -2.05. The Hall–Kier alpha value is 0.380. The summed E-state index contributed by atoms with van der Waals surface area (Å²) in [5.41, 5.74) is 0. The maximum atomic E-state index is 10.0. The summed E-state index contributed by atoms with van der Waals surface area (Å²) >= 11 is 11.4. The van der Waals surface area contributed by atoms with Gasteiger partial charge < -0.3 is 9.52 Å². The molecular formula is C9H5Br3O2S. The van der Waals surface area contributed by atoms with Crippen LogP contribution in [0.5, 0.6) is 0 Å². The second-order valence-electron chi connectivity index (χ2n) is 2.81. The van der Waals surface area contributed by atoms with Crippen molar-refractivity contribution in [2.75, 3.05) is 0 Å². The Balaban J connectivity index is 2.36. The normalized spacial score (nSPS) is 13.1. The predicted octanol–water partition coefficient (Wildman–Crippen LogP) is 4.71. The number of thiophene rings is 1. The van der Waals surface area contributed by atoms with Crippen molar-refractivity contribution in [3.05, 3.63) is 41.8 Å². The van der Waals surface area contributed by atoms with Crippen molar-refractivity contribution in [2.24, 2.45) is 0 Å². The monoisotopic (exact) mass is 414 g/mol. The molecule has 0 aliphatic heterocycles. The van der Waals surface area contributed by atoms with E-state index in [4.69, 9.17) is 4.42 Å². The number of furan rings is 1. The molecule has 0 saturated carbocycles. The summed E-state index contributed by atoms with van der Waals surface area (Å²) < 4.78 is 7.64. The van der Waals surface area contributed by atoms with Gasteiger partial charge >= 0.3 is 0 Å². The molecule has 2 rings (SSSR count). The lowest BCUT2D eigenvalue weighted by molar-refractivity contribution is 0.190. The van der Waals surface area contributed by atoms with Crippen LogP contribution in [0.15, 0.2) is 35.5 Å². The fourth-order valence-electron chi connectivity index (χ4n) is 1.13. The van der Waals surface area contributed by atoms with Gasteiger partial charge in [-0.15, -0.1) is 11.3 Å². The Bertz CT molecular complexity index is 458. The smallest absolute Gasteiger partial charge is 0.183 e. The molecule has 0 saturated heterocycles. The summed E-state index contributed by atoms with van der Waals surface area (Å²) in [5.74, 6) is 0.511. The molecule has 80 valence electrons. The van der Waals surface area contributed by atoms with Crippen LogP contribution >= 0.6 is 59.1 Å². The van der Waals surface area contributed by atoms with Crippen molar-refractivity contribution < 1.29 is 9.52 Å². The molecule has 1 atom stereocenters. The highest BCUT2D eigenvalue weighted by molar-refractivity contribution is 9.13. The van der Waals surface area contributed by atoms with Crippen LogP contribution in [0.1, 0.15) is 16.7 Å². The van der Waals surface area contributed by atoms with Crippen molar-refractivity contribution in [3.8, 4) is 0 Å². The van der Waals surface area contributed by atoms with Crippen molar-refractivity contribution in [3.63, 3.8) is 0 Å². The van der Waals surface area contributed by atoms with E-state index in [9.17, 15) is 5.11 Å². The molecule has 0 bridgehead atoms. The van der Waals surface area contributed by atoms with Crippen LogP contribution in [-0.2, 0) is 0 Å². The summed E-state index contributed by atoms with van der Waals surface area (Å²) in [6, 6.07) is 3.65. The predicted molar refractivity (Wildman–Crippen MR) is 70.2 cm³/mol. The number of rotatable bonds is 2. The third-order valence-electron chi connectivity index (χ3n) is 1.83. The van der Waals surface area contributed by atoms with E-state index >= 15 is 0 Å². The van der Waals surface area contributed by atoms with E-state index in [0.717, 1.165) is 13.8 Å². The van der Waals surface area contributed by atoms with Crippen molar-refractivity contribution in [1.82, 2.24) is 0 Å². The molecule has 2 aromatic heterocycles. The van der Waals surface area contributed by atoms with Gasteiger partial charge in [-0.2, -0.15) is 0 Å². The van der Waals surface area contributed by atoms with Crippen molar-refractivity contribution in [1.29, 1.82) is 0 Å². The summed E-state index contributed by atoms with van der Waals surface area (Å²) in [6.07, 6.45) is -0.734. The van der Waals surface area contributed by atoms with Gasteiger partial charge in [0.25, 0.3) is 0 Å². The summed E-state index contributed by atoms with van der Waals surface area (Å²) in [6.45, 7) is 0. The first-order chi connectivity index (χ1) is 7.09. The SMILES string of the molecule is OC(c1cc(Br)c(Br)o1)c1sccc1Br. The van der Waals surface area contributed by atoms with E-state index < -0.39 is 6.10 Å². The Kier molecular flexibility index (Phi) is 3.72. The van der Waals surface area contributed by atoms with E-state index in [-0.39, 0.29) is 0 Å². The van der Waals surface area contributed by atoms with E-state index in [1.807, 2.05) is 11.4 Å². The summed E-state index contributed by atoms with van der Waals surface area (Å²) in [4.78, 5) is 0.837. The molecule has 2 aromatic rings.